The van der Waals surface area contributed by atoms with Gasteiger partial charge in [-0.2, -0.15) is 0 Å². The smallest absolute Gasteiger partial charge is 0.269 e. The van der Waals surface area contributed by atoms with E-state index in [0.717, 1.165) is 19.3 Å². The zero-order chi connectivity index (χ0) is 15.8. The molecule has 6 heteroatoms. The second-order valence-electron chi connectivity index (χ2n) is 5.19. The number of carbonyl (C=O) groups excluding carboxylic acids is 1. The van der Waals surface area contributed by atoms with Gasteiger partial charge in [-0.3, -0.25) is 14.9 Å². The van der Waals surface area contributed by atoms with Crippen LogP contribution in [0.2, 0.25) is 0 Å². The molecule has 0 saturated heterocycles. The standard InChI is InChI=1S/C15H23N3O3/c1-3-12(8-9-16)4-7-15(19)17-14-6-5-13(18(20)21)10-11(14)2/h5-6,10,12H,3-4,7-9,16H2,1-2H3,(H,17,19). The number of nitrogens with two attached hydrogens (primary N) is 1. The summed E-state index contributed by atoms with van der Waals surface area (Å²) in [7, 11) is 0. The van der Waals surface area contributed by atoms with Crippen molar-refractivity contribution in [2.24, 2.45) is 11.7 Å². The predicted molar refractivity (Wildman–Crippen MR) is 83.1 cm³/mol. The quantitative estimate of drug-likeness (QED) is 0.568. The molecule has 1 atom stereocenters. The molecule has 21 heavy (non-hydrogen) atoms. The Morgan fingerprint density at radius 1 is 1.43 bits per heavy atom. The van der Waals surface area contributed by atoms with Gasteiger partial charge in [-0.15, -0.1) is 0 Å². The molecule has 0 bridgehead atoms. The fourth-order valence-electron chi connectivity index (χ4n) is 2.24. The average molecular weight is 293 g/mol. The molecule has 0 aliphatic heterocycles. The summed E-state index contributed by atoms with van der Waals surface area (Å²) in [6, 6.07) is 4.42. The summed E-state index contributed by atoms with van der Waals surface area (Å²) in [4.78, 5) is 22.2. The highest BCUT2D eigenvalue weighted by atomic mass is 16.6. The fraction of sp³-hybridized carbons (Fsp3) is 0.533. The molecule has 0 heterocycles. The van der Waals surface area contributed by atoms with Gasteiger partial charge in [0.25, 0.3) is 5.69 Å². The highest BCUT2D eigenvalue weighted by molar-refractivity contribution is 5.91. The van der Waals surface area contributed by atoms with Crippen LogP contribution in [0, 0.1) is 23.0 Å². The lowest BCUT2D eigenvalue weighted by Gasteiger charge is -2.13. The molecule has 0 radical (unpaired) electrons. The minimum Gasteiger partial charge on any atom is -0.330 e. The van der Waals surface area contributed by atoms with Crippen LogP contribution in [0.3, 0.4) is 0 Å². The SMILES string of the molecule is CCC(CCN)CCC(=O)Nc1ccc([N+](=O)[O-])cc1C. The minimum absolute atomic E-state index is 0.0273. The molecule has 1 aromatic rings. The number of benzene rings is 1. The van der Waals surface area contributed by atoms with Gasteiger partial charge in [0, 0.05) is 24.2 Å². The molecule has 0 spiro atoms. The number of hydrogen-bond acceptors (Lipinski definition) is 4. The maximum atomic E-state index is 11.9. The van der Waals surface area contributed by atoms with Crippen LogP contribution in [0.4, 0.5) is 11.4 Å². The Morgan fingerprint density at radius 2 is 2.14 bits per heavy atom. The zero-order valence-corrected chi connectivity index (χ0v) is 12.6. The number of nitrogens with zero attached hydrogens (tertiary/aromatic N) is 1. The highest BCUT2D eigenvalue weighted by Crippen LogP contribution is 2.22. The molecule has 0 saturated carbocycles. The largest absolute Gasteiger partial charge is 0.330 e. The van der Waals surface area contributed by atoms with Gasteiger partial charge >= 0.3 is 0 Å². The minimum atomic E-state index is -0.447. The summed E-state index contributed by atoms with van der Waals surface area (Å²) in [5.74, 6) is 0.404. The van der Waals surface area contributed by atoms with Gasteiger partial charge in [-0.05, 0) is 43.9 Å². The van der Waals surface area contributed by atoms with Gasteiger partial charge in [0.1, 0.15) is 0 Å². The second kappa shape index (κ2) is 8.36. The Balaban J connectivity index is 2.57. The molecule has 1 amide bonds. The number of nitro groups is 1. The van der Waals surface area contributed by atoms with Gasteiger partial charge < -0.3 is 11.1 Å². The molecule has 0 fully saturated rings. The number of aryl methyl sites for hydroxylation is 1. The average Bonchev–Trinajstić information content (AvgIpc) is 2.45. The van der Waals surface area contributed by atoms with Gasteiger partial charge in [0.2, 0.25) is 5.91 Å². The van der Waals surface area contributed by atoms with Crippen LogP contribution in [0.25, 0.3) is 0 Å². The summed E-state index contributed by atoms with van der Waals surface area (Å²) < 4.78 is 0. The second-order valence-corrected chi connectivity index (χ2v) is 5.19. The normalized spacial score (nSPS) is 12.0. The Labute approximate surface area is 124 Å². The zero-order valence-electron chi connectivity index (χ0n) is 12.6. The molecule has 1 rings (SSSR count). The van der Waals surface area contributed by atoms with Crippen LogP contribution >= 0.6 is 0 Å². The summed E-state index contributed by atoms with van der Waals surface area (Å²) >= 11 is 0. The van der Waals surface area contributed by atoms with E-state index in [1.807, 2.05) is 0 Å². The van der Waals surface area contributed by atoms with E-state index in [0.29, 0.717) is 30.1 Å². The first-order valence-corrected chi connectivity index (χ1v) is 7.22. The summed E-state index contributed by atoms with van der Waals surface area (Å²) in [5.41, 5.74) is 6.87. The topological polar surface area (TPSA) is 98.3 Å². The van der Waals surface area contributed by atoms with Gasteiger partial charge in [-0.25, -0.2) is 0 Å². The fourth-order valence-corrected chi connectivity index (χ4v) is 2.24. The van der Waals surface area contributed by atoms with E-state index in [4.69, 9.17) is 5.73 Å². The van der Waals surface area contributed by atoms with Gasteiger partial charge in [0.15, 0.2) is 0 Å². The lowest BCUT2D eigenvalue weighted by Crippen LogP contribution is -2.15. The molecule has 116 valence electrons. The summed E-state index contributed by atoms with van der Waals surface area (Å²) in [6.07, 6.45) is 3.20. The summed E-state index contributed by atoms with van der Waals surface area (Å²) in [6.45, 7) is 4.48. The van der Waals surface area contributed by atoms with Crippen molar-refractivity contribution in [2.45, 2.75) is 39.5 Å². The Hall–Kier alpha value is -1.95. The first-order chi connectivity index (χ1) is 9.97. The lowest BCUT2D eigenvalue weighted by molar-refractivity contribution is -0.384. The number of nitro benzene ring substituents is 1. The van der Waals surface area contributed by atoms with Crippen LogP contribution in [-0.4, -0.2) is 17.4 Å². The van der Waals surface area contributed by atoms with Crippen LogP contribution < -0.4 is 11.1 Å². The molecule has 0 aromatic heterocycles. The van der Waals surface area contributed by atoms with E-state index in [9.17, 15) is 14.9 Å². The van der Waals surface area contributed by atoms with Crippen molar-refractivity contribution >= 4 is 17.3 Å². The van der Waals surface area contributed by atoms with Crippen molar-refractivity contribution in [1.29, 1.82) is 0 Å². The highest BCUT2D eigenvalue weighted by Gasteiger charge is 2.12. The number of non-ortho nitro benzene ring substituents is 1. The molecule has 0 aliphatic carbocycles. The predicted octanol–water partition coefficient (Wildman–Crippen LogP) is 3.00. The third-order valence-electron chi connectivity index (χ3n) is 3.63. The van der Waals surface area contributed by atoms with Crippen LogP contribution in [0.5, 0.6) is 0 Å². The number of amides is 1. The van der Waals surface area contributed by atoms with Crippen LogP contribution in [0.15, 0.2) is 18.2 Å². The molecular weight excluding hydrogens is 270 g/mol. The van der Waals surface area contributed by atoms with Gasteiger partial charge in [0.05, 0.1) is 4.92 Å². The van der Waals surface area contributed by atoms with E-state index < -0.39 is 4.92 Å². The number of hydrogen-bond donors (Lipinski definition) is 2. The van der Waals surface area contributed by atoms with Crippen LogP contribution in [0.1, 0.15) is 38.2 Å². The molecule has 1 aromatic carbocycles. The van der Waals surface area contributed by atoms with Crippen LogP contribution in [-0.2, 0) is 4.79 Å². The maximum absolute atomic E-state index is 11.9. The Morgan fingerprint density at radius 3 is 2.67 bits per heavy atom. The molecule has 3 N–H and O–H groups in total. The van der Waals surface area contributed by atoms with Crippen molar-refractivity contribution in [1.82, 2.24) is 0 Å². The van der Waals surface area contributed by atoms with E-state index in [1.54, 1.807) is 13.0 Å². The van der Waals surface area contributed by atoms with E-state index in [2.05, 4.69) is 12.2 Å². The number of carbonyl (C=O) groups is 1. The number of nitrogens with one attached hydrogen (secondary N) is 1. The first kappa shape index (κ1) is 17.1. The molecule has 6 nitrogen and oxygen atoms in total. The van der Waals surface area contributed by atoms with E-state index >= 15 is 0 Å². The molecule has 1 unspecified atom stereocenters. The molecule has 0 aliphatic rings. The van der Waals surface area contributed by atoms with Gasteiger partial charge in [-0.1, -0.05) is 13.3 Å². The first-order valence-electron chi connectivity index (χ1n) is 7.22. The van der Waals surface area contributed by atoms with Crippen molar-refractivity contribution in [2.75, 3.05) is 11.9 Å². The number of anilines is 1. The maximum Gasteiger partial charge on any atom is 0.269 e. The lowest BCUT2D eigenvalue weighted by atomic mass is 9.96. The third-order valence-corrected chi connectivity index (χ3v) is 3.63. The summed E-state index contributed by atoms with van der Waals surface area (Å²) in [5, 5.41) is 13.5. The molecular formula is C15H23N3O3. The van der Waals surface area contributed by atoms with E-state index in [-0.39, 0.29) is 11.6 Å². The van der Waals surface area contributed by atoms with E-state index in [1.165, 1.54) is 12.1 Å². The number of rotatable bonds is 8. The monoisotopic (exact) mass is 293 g/mol. The third kappa shape index (κ3) is 5.51. The Bertz CT molecular complexity index is 503. The van der Waals surface area contributed by atoms with Crippen molar-refractivity contribution in [3.63, 3.8) is 0 Å². The van der Waals surface area contributed by atoms with Crippen molar-refractivity contribution < 1.29 is 9.72 Å². The van der Waals surface area contributed by atoms with Crippen molar-refractivity contribution in [3.05, 3.63) is 33.9 Å². The van der Waals surface area contributed by atoms with Crippen molar-refractivity contribution in [3.8, 4) is 0 Å². The Kier molecular flexibility index (Phi) is 6.81.